The molecule has 0 N–H and O–H groups in total. The van der Waals surface area contributed by atoms with Crippen molar-refractivity contribution in [1.29, 1.82) is 0 Å². The zero-order valence-corrected chi connectivity index (χ0v) is 10.4. The molecule has 0 radical (unpaired) electrons. The standard InChI is InChI=1S/C14H24/c1-6-13-8-7-11(4)9-14(13)12(5)10(2)3/h9-10,12H,6-8H2,1-5H3. The summed E-state index contributed by atoms with van der Waals surface area (Å²) in [4.78, 5) is 0. The molecule has 0 nitrogen and oxygen atoms in total. The van der Waals surface area contributed by atoms with E-state index in [1.54, 1.807) is 16.7 Å². The predicted octanol–water partition coefficient (Wildman–Crippen LogP) is 4.73. The van der Waals surface area contributed by atoms with Gasteiger partial charge in [-0.1, -0.05) is 44.9 Å². The summed E-state index contributed by atoms with van der Waals surface area (Å²) < 4.78 is 0. The van der Waals surface area contributed by atoms with Crippen LogP contribution in [0.4, 0.5) is 0 Å². The third-order valence-corrected chi connectivity index (χ3v) is 3.55. The minimum atomic E-state index is 0.722. The molecule has 0 fully saturated rings. The van der Waals surface area contributed by atoms with Gasteiger partial charge in [-0.25, -0.2) is 0 Å². The molecular weight excluding hydrogens is 168 g/mol. The van der Waals surface area contributed by atoms with Crippen LogP contribution in [-0.4, -0.2) is 0 Å². The van der Waals surface area contributed by atoms with Gasteiger partial charge in [0, 0.05) is 0 Å². The molecule has 0 aliphatic heterocycles. The van der Waals surface area contributed by atoms with E-state index in [2.05, 4.69) is 40.7 Å². The predicted molar refractivity (Wildman–Crippen MR) is 64.3 cm³/mol. The van der Waals surface area contributed by atoms with Gasteiger partial charge >= 0.3 is 0 Å². The summed E-state index contributed by atoms with van der Waals surface area (Å²) >= 11 is 0. The van der Waals surface area contributed by atoms with Crippen LogP contribution in [0.15, 0.2) is 22.8 Å². The lowest BCUT2D eigenvalue weighted by Crippen LogP contribution is -2.11. The highest BCUT2D eigenvalue weighted by atomic mass is 14.2. The molecule has 0 heteroatoms. The number of hydrogen-bond acceptors (Lipinski definition) is 0. The van der Waals surface area contributed by atoms with E-state index in [1.165, 1.54) is 19.3 Å². The van der Waals surface area contributed by atoms with E-state index in [1.807, 2.05) is 0 Å². The van der Waals surface area contributed by atoms with Crippen LogP contribution in [0, 0.1) is 11.8 Å². The molecule has 0 spiro atoms. The average molecular weight is 192 g/mol. The Bertz CT molecular complexity index is 253. The van der Waals surface area contributed by atoms with Crippen molar-refractivity contribution in [2.24, 2.45) is 11.8 Å². The summed E-state index contributed by atoms with van der Waals surface area (Å²) in [6.07, 6.45) is 6.24. The van der Waals surface area contributed by atoms with Crippen LogP contribution in [0.2, 0.25) is 0 Å². The maximum absolute atomic E-state index is 2.44. The van der Waals surface area contributed by atoms with Crippen LogP contribution in [0.5, 0.6) is 0 Å². The highest BCUT2D eigenvalue weighted by Gasteiger charge is 2.17. The van der Waals surface area contributed by atoms with Crippen LogP contribution in [-0.2, 0) is 0 Å². The van der Waals surface area contributed by atoms with Gasteiger partial charge in [0.2, 0.25) is 0 Å². The maximum Gasteiger partial charge on any atom is -0.0168 e. The Labute approximate surface area is 89.1 Å². The third-order valence-electron chi connectivity index (χ3n) is 3.55. The van der Waals surface area contributed by atoms with Crippen molar-refractivity contribution in [3.8, 4) is 0 Å². The van der Waals surface area contributed by atoms with Gasteiger partial charge in [-0.2, -0.15) is 0 Å². The zero-order valence-electron chi connectivity index (χ0n) is 10.4. The summed E-state index contributed by atoms with van der Waals surface area (Å²) in [5.41, 5.74) is 4.88. The van der Waals surface area contributed by atoms with Crippen molar-refractivity contribution in [2.45, 2.75) is 53.9 Å². The Morgan fingerprint density at radius 3 is 2.36 bits per heavy atom. The van der Waals surface area contributed by atoms with Gasteiger partial charge < -0.3 is 0 Å². The van der Waals surface area contributed by atoms with E-state index < -0.39 is 0 Å². The molecule has 1 rings (SSSR count). The van der Waals surface area contributed by atoms with Gasteiger partial charge in [0.05, 0.1) is 0 Å². The quantitative estimate of drug-likeness (QED) is 0.606. The molecule has 80 valence electrons. The second-order valence-electron chi connectivity index (χ2n) is 4.94. The average Bonchev–Trinajstić information content (AvgIpc) is 2.16. The Kier molecular flexibility index (Phi) is 3.97. The molecule has 0 heterocycles. The zero-order chi connectivity index (χ0) is 10.7. The Morgan fingerprint density at radius 1 is 1.21 bits per heavy atom. The fraction of sp³-hybridized carbons (Fsp3) is 0.714. The van der Waals surface area contributed by atoms with Crippen LogP contribution in [0.25, 0.3) is 0 Å². The molecule has 1 aliphatic carbocycles. The lowest BCUT2D eigenvalue weighted by Gasteiger charge is -2.25. The van der Waals surface area contributed by atoms with Crippen LogP contribution < -0.4 is 0 Å². The van der Waals surface area contributed by atoms with E-state index in [4.69, 9.17) is 0 Å². The number of allylic oxidation sites excluding steroid dienone is 4. The molecule has 1 atom stereocenters. The van der Waals surface area contributed by atoms with E-state index >= 15 is 0 Å². The topological polar surface area (TPSA) is 0 Å². The van der Waals surface area contributed by atoms with Gasteiger partial charge in [0.25, 0.3) is 0 Å². The summed E-state index contributed by atoms with van der Waals surface area (Å²) in [6.45, 7) is 11.6. The first-order valence-electron chi connectivity index (χ1n) is 5.95. The van der Waals surface area contributed by atoms with Gasteiger partial charge in [-0.3, -0.25) is 0 Å². The molecule has 0 aromatic heterocycles. The summed E-state index contributed by atoms with van der Waals surface area (Å²) in [5, 5.41) is 0. The Balaban J connectivity index is 2.95. The Hall–Kier alpha value is -0.520. The molecule has 0 saturated heterocycles. The van der Waals surface area contributed by atoms with Gasteiger partial charge in [0.1, 0.15) is 0 Å². The minimum Gasteiger partial charge on any atom is -0.0727 e. The summed E-state index contributed by atoms with van der Waals surface area (Å²) in [7, 11) is 0. The second kappa shape index (κ2) is 4.82. The molecule has 1 unspecified atom stereocenters. The molecule has 0 saturated carbocycles. The van der Waals surface area contributed by atoms with Gasteiger partial charge in [-0.05, 0) is 43.6 Å². The van der Waals surface area contributed by atoms with Crippen molar-refractivity contribution >= 4 is 0 Å². The van der Waals surface area contributed by atoms with Crippen molar-refractivity contribution in [3.63, 3.8) is 0 Å². The minimum absolute atomic E-state index is 0.722. The first-order chi connectivity index (χ1) is 6.56. The molecule has 1 aliphatic rings. The van der Waals surface area contributed by atoms with E-state index in [9.17, 15) is 0 Å². The van der Waals surface area contributed by atoms with E-state index in [-0.39, 0.29) is 0 Å². The Morgan fingerprint density at radius 2 is 1.86 bits per heavy atom. The van der Waals surface area contributed by atoms with E-state index in [0.29, 0.717) is 0 Å². The fourth-order valence-electron chi connectivity index (χ4n) is 2.13. The lowest BCUT2D eigenvalue weighted by molar-refractivity contribution is 0.479. The molecule has 0 aromatic rings. The SMILES string of the molecule is CCC1=C(C(C)C(C)C)C=C(C)CC1. The lowest BCUT2D eigenvalue weighted by atomic mass is 9.81. The highest BCUT2D eigenvalue weighted by molar-refractivity contribution is 5.34. The number of rotatable bonds is 3. The van der Waals surface area contributed by atoms with E-state index in [0.717, 1.165) is 11.8 Å². The maximum atomic E-state index is 2.44. The van der Waals surface area contributed by atoms with Crippen LogP contribution in [0.1, 0.15) is 53.9 Å². The second-order valence-corrected chi connectivity index (χ2v) is 4.94. The first-order valence-corrected chi connectivity index (χ1v) is 5.95. The monoisotopic (exact) mass is 192 g/mol. The highest BCUT2D eigenvalue weighted by Crippen LogP contribution is 2.33. The fourth-order valence-corrected chi connectivity index (χ4v) is 2.13. The van der Waals surface area contributed by atoms with Gasteiger partial charge in [-0.15, -0.1) is 0 Å². The van der Waals surface area contributed by atoms with Crippen molar-refractivity contribution < 1.29 is 0 Å². The third kappa shape index (κ3) is 2.50. The normalized spacial score (nSPS) is 20.0. The van der Waals surface area contributed by atoms with Crippen molar-refractivity contribution in [1.82, 2.24) is 0 Å². The van der Waals surface area contributed by atoms with Crippen molar-refractivity contribution in [3.05, 3.63) is 22.8 Å². The molecule has 14 heavy (non-hydrogen) atoms. The van der Waals surface area contributed by atoms with Gasteiger partial charge in [0.15, 0.2) is 0 Å². The largest absolute Gasteiger partial charge is 0.0727 e. The molecule has 0 bridgehead atoms. The molecular formula is C14H24. The van der Waals surface area contributed by atoms with Crippen LogP contribution >= 0.6 is 0 Å². The summed E-state index contributed by atoms with van der Waals surface area (Å²) in [5.74, 6) is 1.48. The van der Waals surface area contributed by atoms with Crippen LogP contribution in [0.3, 0.4) is 0 Å². The smallest absolute Gasteiger partial charge is 0.0168 e. The summed E-state index contributed by atoms with van der Waals surface area (Å²) in [6, 6.07) is 0. The first kappa shape index (κ1) is 11.6. The molecule has 0 amide bonds. The number of hydrogen-bond donors (Lipinski definition) is 0. The van der Waals surface area contributed by atoms with Crippen molar-refractivity contribution in [2.75, 3.05) is 0 Å². The molecule has 0 aromatic carbocycles.